The van der Waals surface area contributed by atoms with E-state index < -0.39 is 0 Å². The lowest BCUT2D eigenvalue weighted by atomic mass is 10.0. The van der Waals surface area contributed by atoms with Gasteiger partial charge in [-0.15, -0.1) is 0 Å². The molecule has 0 radical (unpaired) electrons. The molecule has 0 unspecified atom stereocenters. The van der Waals surface area contributed by atoms with Crippen molar-refractivity contribution < 1.29 is 14.3 Å². The molecule has 0 aromatic heterocycles. The third-order valence-corrected chi connectivity index (χ3v) is 2.84. The van der Waals surface area contributed by atoms with Crippen molar-refractivity contribution in [2.24, 2.45) is 5.73 Å². The van der Waals surface area contributed by atoms with Gasteiger partial charge in [-0.05, 0) is 33.6 Å². The summed E-state index contributed by atoms with van der Waals surface area (Å²) in [5.41, 5.74) is 6.73. The van der Waals surface area contributed by atoms with E-state index in [-0.39, 0.29) is 18.4 Å². The summed E-state index contributed by atoms with van der Waals surface area (Å²) in [6.45, 7) is 0. The molecule has 0 bridgehead atoms. The van der Waals surface area contributed by atoms with E-state index in [4.69, 9.17) is 10.5 Å². The first kappa shape index (κ1) is 13.0. The van der Waals surface area contributed by atoms with Crippen LogP contribution in [0.1, 0.15) is 18.0 Å². The molecule has 1 rings (SSSR count). The summed E-state index contributed by atoms with van der Waals surface area (Å²) in [6.07, 6.45) is 0.162. The molecule has 0 fully saturated rings. The van der Waals surface area contributed by atoms with Gasteiger partial charge in [-0.2, -0.15) is 0 Å². The van der Waals surface area contributed by atoms with Crippen LogP contribution in [0.2, 0.25) is 0 Å². The topological polar surface area (TPSA) is 61.5 Å². The first-order valence-corrected chi connectivity index (χ1v) is 5.53. The van der Waals surface area contributed by atoms with E-state index in [0.29, 0.717) is 0 Å². The number of hydrogen-bond donors (Lipinski definition) is 1. The van der Waals surface area contributed by atoms with Crippen molar-refractivity contribution in [3.05, 3.63) is 28.2 Å². The predicted molar refractivity (Wildman–Crippen MR) is 64.3 cm³/mol. The zero-order chi connectivity index (χ0) is 12.1. The molecule has 88 valence electrons. The van der Waals surface area contributed by atoms with Gasteiger partial charge in [-0.1, -0.05) is 6.07 Å². The first-order valence-electron chi connectivity index (χ1n) is 4.74. The minimum absolute atomic E-state index is 0.162. The summed E-state index contributed by atoms with van der Waals surface area (Å²) in [5, 5.41) is 0. The highest BCUT2D eigenvalue weighted by Gasteiger charge is 2.13. The van der Waals surface area contributed by atoms with Gasteiger partial charge in [-0.25, -0.2) is 0 Å². The highest BCUT2D eigenvalue weighted by molar-refractivity contribution is 9.10. The minimum atomic E-state index is -0.366. The number of carbonyl (C=O) groups excluding carboxylic acids is 1. The van der Waals surface area contributed by atoms with Crippen molar-refractivity contribution in [1.29, 1.82) is 0 Å². The van der Waals surface area contributed by atoms with E-state index in [1.165, 1.54) is 7.11 Å². The molecule has 1 aromatic rings. The van der Waals surface area contributed by atoms with Crippen molar-refractivity contribution in [2.75, 3.05) is 14.2 Å². The van der Waals surface area contributed by atoms with Gasteiger partial charge in [0, 0.05) is 6.04 Å². The summed E-state index contributed by atoms with van der Waals surface area (Å²) >= 11 is 3.36. The molecular formula is C11H14BrNO3. The molecule has 16 heavy (non-hydrogen) atoms. The van der Waals surface area contributed by atoms with Gasteiger partial charge in [0.2, 0.25) is 0 Å². The fourth-order valence-electron chi connectivity index (χ4n) is 1.29. The van der Waals surface area contributed by atoms with Crippen LogP contribution in [-0.4, -0.2) is 20.2 Å². The van der Waals surface area contributed by atoms with Gasteiger partial charge in [-0.3, -0.25) is 4.79 Å². The highest BCUT2D eigenvalue weighted by atomic mass is 79.9. The fourth-order valence-corrected chi connectivity index (χ4v) is 1.85. The Bertz CT molecular complexity index is 381. The Morgan fingerprint density at radius 1 is 1.50 bits per heavy atom. The SMILES string of the molecule is COC(=O)C[C@@H](N)c1ccc(OC)c(Br)c1. The van der Waals surface area contributed by atoms with Crippen molar-refractivity contribution >= 4 is 21.9 Å². The molecule has 5 heteroatoms. The van der Waals surface area contributed by atoms with Crippen LogP contribution in [0.3, 0.4) is 0 Å². The Morgan fingerprint density at radius 2 is 2.19 bits per heavy atom. The first-order chi connectivity index (χ1) is 7.58. The molecule has 0 heterocycles. The Kier molecular flexibility index (Phi) is 4.76. The molecule has 1 atom stereocenters. The number of carbonyl (C=O) groups is 1. The molecule has 0 saturated carbocycles. The van der Waals surface area contributed by atoms with Gasteiger partial charge in [0.25, 0.3) is 0 Å². The number of rotatable bonds is 4. The number of nitrogens with two attached hydrogens (primary N) is 1. The summed E-state index contributed by atoms with van der Waals surface area (Å²) in [7, 11) is 2.94. The zero-order valence-electron chi connectivity index (χ0n) is 9.20. The molecule has 2 N–H and O–H groups in total. The molecule has 0 aliphatic heterocycles. The molecule has 0 aliphatic rings. The van der Waals surface area contributed by atoms with Gasteiger partial charge < -0.3 is 15.2 Å². The average molecular weight is 288 g/mol. The number of ether oxygens (including phenoxy) is 2. The molecule has 0 amide bonds. The minimum Gasteiger partial charge on any atom is -0.496 e. The Hall–Kier alpha value is -1.07. The highest BCUT2D eigenvalue weighted by Crippen LogP contribution is 2.28. The summed E-state index contributed by atoms with van der Waals surface area (Å²) < 4.78 is 10.5. The average Bonchev–Trinajstić information content (AvgIpc) is 2.28. The second-order valence-corrected chi connectivity index (χ2v) is 4.14. The van der Waals surface area contributed by atoms with Crippen LogP contribution in [0, 0.1) is 0 Å². The standard InChI is InChI=1S/C11H14BrNO3/c1-15-10-4-3-7(5-8(10)12)9(13)6-11(14)16-2/h3-5,9H,6,13H2,1-2H3/t9-/m1/s1. The van der Waals surface area contributed by atoms with Gasteiger partial charge in [0.05, 0.1) is 25.1 Å². The Balaban J connectivity index is 2.80. The van der Waals surface area contributed by atoms with Crippen LogP contribution in [0.4, 0.5) is 0 Å². The van der Waals surface area contributed by atoms with E-state index in [1.807, 2.05) is 12.1 Å². The van der Waals surface area contributed by atoms with Crippen molar-refractivity contribution in [3.8, 4) is 5.75 Å². The summed E-state index contributed by atoms with van der Waals surface area (Å²) in [5.74, 6) is 0.411. The maximum Gasteiger partial charge on any atom is 0.307 e. The van der Waals surface area contributed by atoms with E-state index in [9.17, 15) is 4.79 Å². The molecule has 0 saturated heterocycles. The second kappa shape index (κ2) is 5.86. The molecule has 0 aliphatic carbocycles. The number of halogens is 1. The molecule has 4 nitrogen and oxygen atoms in total. The summed E-state index contributed by atoms with van der Waals surface area (Å²) in [4.78, 5) is 11.1. The van der Waals surface area contributed by atoms with Crippen LogP contribution < -0.4 is 10.5 Å². The lowest BCUT2D eigenvalue weighted by Gasteiger charge is -2.12. The smallest absolute Gasteiger partial charge is 0.307 e. The lowest BCUT2D eigenvalue weighted by molar-refractivity contribution is -0.141. The quantitative estimate of drug-likeness (QED) is 0.861. The van der Waals surface area contributed by atoms with E-state index in [0.717, 1.165) is 15.8 Å². The van der Waals surface area contributed by atoms with Crippen LogP contribution in [0.5, 0.6) is 5.75 Å². The lowest BCUT2D eigenvalue weighted by Crippen LogP contribution is -2.16. The number of benzene rings is 1. The molecular weight excluding hydrogens is 274 g/mol. The maximum absolute atomic E-state index is 11.1. The largest absolute Gasteiger partial charge is 0.496 e. The monoisotopic (exact) mass is 287 g/mol. The Labute approximate surface area is 103 Å². The van der Waals surface area contributed by atoms with E-state index in [2.05, 4.69) is 20.7 Å². The number of hydrogen-bond acceptors (Lipinski definition) is 4. The summed E-state index contributed by atoms with van der Waals surface area (Å²) in [6, 6.07) is 5.11. The normalized spacial score (nSPS) is 12.0. The van der Waals surface area contributed by atoms with E-state index >= 15 is 0 Å². The second-order valence-electron chi connectivity index (χ2n) is 3.28. The van der Waals surface area contributed by atoms with Gasteiger partial charge in [0.15, 0.2) is 0 Å². The van der Waals surface area contributed by atoms with Gasteiger partial charge in [0.1, 0.15) is 5.75 Å². The van der Waals surface area contributed by atoms with Crippen LogP contribution in [0.25, 0.3) is 0 Å². The van der Waals surface area contributed by atoms with E-state index in [1.54, 1.807) is 13.2 Å². The van der Waals surface area contributed by atoms with Gasteiger partial charge >= 0.3 is 5.97 Å². The third kappa shape index (κ3) is 3.21. The Morgan fingerprint density at radius 3 is 2.69 bits per heavy atom. The van der Waals surface area contributed by atoms with Crippen LogP contribution in [0.15, 0.2) is 22.7 Å². The van der Waals surface area contributed by atoms with Crippen molar-refractivity contribution in [3.63, 3.8) is 0 Å². The molecule has 0 spiro atoms. The maximum atomic E-state index is 11.1. The predicted octanol–water partition coefficient (Wildman–Crippen LogP) is 2.02. The fraction of sp³-hybridized carbons (Fsp3) is 0.364. The molecule has 1 aromatic carbocycles. The zero-order valence-corrected chi connectivity index (χ0v) is 10.8. The number of methoxy groups -OCH3 is 2. The number of esters is 1. The van der Waals surface area contributed by atoms with Crippen LogP contribution >= 0.6 is 15.9 Å². The van der Waals surface area contributed by atoms with Crippen molar-refractivity contribution in [1.82, 2.24) is 0 Å². The van der Waals surface area contributed by atoms with Crippen LogP contribution in [-0.2, 0) is 9.53 Å². The van der Waals surface area contributed by atoms with Crippen molar-refractivity contribution in [2.45, 2.75) is 12.5 Å². The third-order valence-electron chi connectivity index (χ3n) is 2.22.